The monoisotopic (exact) mass is 350 g/mol. The molecule has 2 heterocycles. The summed E-state index contributed by atoms with van der Waals surface area (Å²) < 4.78 is 5.73. The summed E-state index contributed by atoms with van der Waals surface area (Å²) in [5.74, 6) is 0.735. The lowest BCUT2D eigenvalue weighted by atomic mass is 10.2. The van der Waals surface area contributed by atoms with E-state index in [0.29, 0.717) is 17.8 Å². The van der Waals surface area contributed by atoms with E-state index in [1.807, 2.05) is 0 Å². The van der Waals surface area contributed by atoms with Crippen molar-refractivity contribution in [1.82, 2.24) is 14.9 Å². The minimum Gasteiger partial charge on any atom is -0.373 e. The minimum absolute atomic E-state index is 0.0752. The standard InChI is InChI=1S/C16H26N6O3/c1-11-9-21(10-12(2)25-11)7-3-6-17-16-18-8-14(22(23)24)15(20-16)19-13-4-5-13/h8,11-13H,3-7,9-10H2,1-2H3,(H2,17,18,19,20). The molecule has 2 atom stereocenters. The molecule has 9 nitrogen and oxygen atoms in total. The molecule has 3 rings (SSSR count). The minimum atomic E-state index is -0.449. The van der Waals surface area contributed by atoms with Gasteiger partial charge in [-0.1, -0.05) is 0 Å². The highest BCUT2D eigenvalue weighted by Gasteiger charge is 2.26. The first-order valence-electron chi connectivity index (χ1n) is 8.91. The van der Waals surface area contributed by atoms with Gasteiger partial charge in [0.25, 0.3) is 0 Å². The molecule has 0 aromatic carbocycles. The molecule has 1 aromatic heterocycles. The molecule has 2 aliphatic rings. The predicted octanol–water partition coefficient (Wildman–Crippen LogP) is 1.87. The zero-order chi connectivity index (χ0) is 17.8. The summed E-state index contributed by atoms with van der Waals surface area (Å²) in [6.45, 7) is 7.80. The van der Waals surface area contributed by atoms with Gasteiger partial charge >= 0.3 is 5.69 Å². The van der Waals surface area contributed by atoms with Gasteiger partial charge in [0.15, 0.2) is 0 Å². The van der Waals surface area contributed by atoms with Gasteiger partial charge in [0.05, 0.1) is 17.1 Å². The van der Waals surface area contributed by atoms with E-state index in [0.717, 1.165) is 45.4 Å². The quantitative estimate of drug-likeness (QED) is 0.416. The van der Waals surface area contributed by atoms with Gasteiger partial charge < -0.3 is 15.4 Å². The Hall–Kier alpha value is -2.00. The molecule has 0 spiro atoms. The van der Waals surface area contributed by atoms with Crippen molar-refractivity contribution in [3.8, 4) is 0 Å². The van der Waals surface area contributed by atoms with E-state index in [4.69, 9.17) is 4.74 Å². The second kappa shape index (κ2) is 7.92. The second-order valence-corrected chi connectivity index (χ2v) is 6.90. The number of morpholine rings is 1. The number of hydrogen-bond acceptors (Lipinski definition) is 8. The number of nitro groups is 1. The first kappa shape index (κ1) is 17.8. The summed E-state index contributed by atoms with van der Waals surface area (Å²) >= 11 is 0. The summed E-state index contributed by atoms with van der Waals surface area (Å²) in [5.41, 5.74) is -0.0752. The Morgan fingerprint density at radius 1 is 1.36 bits per heavy atom. The topological polar surface area (TPSA) is 105 Å². The van der Waals surface area contributed by atoms with E-state index in [1.165, 1.54) is 6.20 Å². The summed E-state index contributed by atoms with van der Waals surface area (Å²) in [5, 5.41) is 17.3. The van der Waals surface area contributed by atoms with Crippen molar-refractivity contribution in [1.29, 1.82) is 0 Å². The van der Waals surface area contributed by atoms with E-state index in [-0.39, 0.29) is 17.9 Å². The van der Waals surface area contributed by atoms with Gasteiger partial charge in [-0.2, -0.15) is 4.98 Å². The van der Waals surface area contributed by atoms with Crippen LogP contribution in [-0.4, -0.2) is 64.2 Å². The van der Waals surface area contributed by atoms with E-state index in [2.05, 4.69) is 39.3 Å². The summed E-state index contributed by atoms with van der Waals surface area (Å²) in [7, 11) is 0. The fourth-order valence-corrected chi connectivity index (χ4v) is 3.09. The van der Waals surface area contributed by atoms with Gasteiger partial charge in [-0.25, -0.2) is 4.98 Å². The lowest BCUT2D eigenvalue weighted by Gasteiger charge is -2.35. The highest BCUT2D eigenvalue weighted by molar-refractivity contribution is 5.57. The van der Waals surface area contributed by atoms with E-state index < -0.39 is 4.92 Å². The normalized spacial score (nSPS) is 24.1. The smallest absolute Gasteiger partial charge is 0.329 e. The molecule has 0 amide bonds. The maximum atomic E-state index is 11.1. The van der Waals surface area contributed by atoms with Crippen molar-refractivity contribution in [2.24, 2.45) is 0 Å². The third-order valence-corrected chi connectivity index (χ3v) is 4.31. The Bertz CT molecular complexity index is 600. The Morgan fingerprint density at radius 3 is 2.72 bits per heavy atom. The molecule has 1 aromatic rings. The van der Waals surface area contributed by atoms with Crippen molar-refractivity contribution in [3.05, 3.63) is 16.3 Å². The Labute approximate surface area is 147 Å². The van der Waals surface area contributed by atoms with Crippen LogP contribution < -0.4 is 10.6 Å². The van der Waals surface area contributed by atoms with E-state index in [1.54, 1.807) is 0 Å². The van der Waals surface area contributed by atoms with Crippen LogP contribution in [0.2, 0.25) is 0 Å². The van der Waals surface area contributed by atoms with Gasteiger partial charge in [0.1, 0.15) is 6.20 Å². The molecule has 0 bridgehead atoms. The van der Waals surface area contributed by atoms with Gasteiger partial charge in [-0.3, -0.25) is 15.0 Å². The SMILES string of the molecule is CC1CN(CCCNc2ncc([N+](=O)[O-])c(NC3CC3)n2)CC(C)O1. The first-order chi connectivity index (χ1) is 12.0. The Morgan fingerprint density at radius 2 is 2.08 bits per heavy atom. The zero-order valence-corrected chi connectivity index (χ0v) is 14.8. The molecule has 2 unspecified atom stereocenters. The molecule has 1 saturated carbocycles. The summed E-state index contributed by atoms with van der Waals surface area (Å²) in [6.07, 6.45) is 4.81. The van der Waals surface area contributed by atoms with Crippen LogP contribution in [0, 0.1) is 10.1 Å². The lowest BCUT2D eigenvalue weighted by Crippen LogP contribution is -2.45. The largest absolute Gasteiger partial charge is 0.373 e. The fraction of sp³-hybridized carbons (Fsp3) is 0.750. The molecule has 1 saturated heterocycles. The number of ether oxygens (including phenoxy) is 1. The van der Waals surface area contributed by atoms with Crippen LogP contribution in [0.4, 0.5) is 17.5 Å². The molecule has 2 N–H and O–H groups in total. The second-order valence-electron chi connectivity index (χ2n) is 6.90. The molecule has 9 heteroatoms. The molecular weight excluding hydrogens is 324 g/mol. The van der Waals surface area contributed by atoms with Crippen molar-refractivity contribution in [3.63, 3.8) is 0 Å². The van der Waals surface area contributed by atoms with Crippen LogP contribution in [0.3, 0.4) is 0 Å². The van der Waals surface area contributed by atoms with Crippen molar-refractivity contribution >= 4 is 17.5 Å². The third kappa shape index (κ3) is 5.23. The van der Waals surface area contributed by atoms with Gasteiger partial charge in [0, 0.05) is 32.2 Å². The molecule has 138 valence electrons. The van der Waals surface area contributed by atoms with Crippen LogP contribution in [-0.2, 0) is 4.74 Å². The number of nitrogens with one attached hydrogen (secondary N) is 2. The van der Waals surface area contributed by atoms with Crippen LogP contribution in [0.15, 0.2) is 6.20 Å². The number of aromatic nitrogens is 2. The van der Waals surface area contributed by atoms with Gasteiger partial charge in [-0.15, -0.1) is 0 Å². The third-order valence-electron chi connectivity index (χ3n) is 4.31. The number of nitrogens with zero attached hydrogens (tertiary/aromatic N) is 4. The maximum absolute atomic E-state index is 11.1. The average Bonchev–Trinajstić information content (AvgIpc) is 3.34. The van der Waals surface area contributed by atoms with E-state index >= 15 is 0 Å². The fourth-order valence-electron chi connectivity index (χ4n) is 3.09. The Kier molecular flexibility index (Phi) is 5.64. The Balaban J connectivity index is 1.48. The first-order valence-corrected chi connectivity index (χ1v) is 8.91. The van der Waals surface area contributed by atoms with Crippen LogP contribution in [0.1, 0.15) is 33.1 Å². The van der Waals surface area contributed by atoms with Crippen molar-refractivity contribution < 1.29 is 9.66 Å². The maximum Gasteiger partial charge on any atom is 0.329 e. The molecular formula is C16H26N6O3. The molecule has 1 aliphatic carbocycles. The van der Waals surface area contributed by atoms with Gasteiger partial charge in [-0.05, 0) is 33.1 Å². The van der Waals surface area contributed by atoms with Crippen LogP contribution >= 0.6 is 0 Å². The zero-order valence-electron chi connectivity index (χ0n) is 14.8. The van der Waals surface area contributed by atoms with Crippen molar-refractivity contribution in [2.75, 3.05) is 36.8 Å². The lowest BCUT2D eigenvalue weighted by molar-refractivity contribution is -0.384. The van der Waals surface area contributed by atoms with Crippen LogP contribution in [0.5, 0.6) is 0 Å². The molecule has 0 radical (unpaired) electrons. The van der Waals surface area contributed by atoms with E-state index in [9.17, 15) is 10.1 Å². The van der Waals surface area contributed by atoms with Gasteiger partial charge in [0.2, 0.25) is 11.8 Å². The number of anilines is 2. The van der Waals surface area contributed by atoms with Crippen LogP contribution in [0.25, 0.3) is 0 Å². The van der Waals surface area contributed by atoms with Crippen molar-refractivity contribution in [2.45, 2.75) is 51.4 Å². The number of hydrogen-bond donors (Lipinski definition) is 2. The number of rotatable bonds is 8. The molecule has 2 fully saturated rings. The molecule has 25 heavy (non-hydrogen) atoms. The highest BCUT2D eigenvalue weighted by Crippen LogP contribution is 2.29. The predicted molar refractivity (Wildman–Crippen MR) is 94.9 cm³/mol. The molecule has 1 aliphatic heterocycles. The highest BCUT2D eigenvalue weighted by atomic mass is 16.6. The average molecular weight is 350 g/mol. The summed E-state index contributed by atoms with van der Waals surface area (Å²) in [4.78, 5) is 21.4. The summed E-state index contributed by atoms with van der Waals surface area (Å²) in [6, 6.07) is 0.298.